The highest BCUT2D eigenvalue weighted by Gasteiger charge is 2.47. The Kier molecular flexibility index (Phi) is 3.08. The Hall–Kier alpha value is -0.460. The molecule has 0 saturated heterocycles. The summed E-state index contributed by atoms with van der Waals surface area (Å²) in [4.78, 5) is -0.0408. The first-order valence-corrected chi connectivity index (χ1v) is 7.47. The van der Waals surface area contributed by atoms with Gasteiger partial charge in [0.15, 0.2) is 0 Å². The molecule has 1 fully saturated rings. The molecular formula is C11H13BrFNO2S. The van der Waals surface area contributed by atoms with E-state index in [0.717, 1.165) is 12.5 Å². The van der Waals surface area contributed by atoms with Crippen molar-refractivity contribution in [3.8, 4) is 0 Å². The normalized spacial score (nSPS) is 22.5. The van der Waals surface area contributed by atoms with Gasteiger partial charge in [-0.05, 0) is 46.0 Å². The highest BCUT2D eigenvalue weighted by molar-refractivity contribution is 9.10. The molecule has 2 rings (SSSR count). The summed E-state index contributed by atoms with van der Waals surface area (Å²) in [6, 6.07) is 3.73. The van der Waals surface area contributed by atoms with Crippen molar-refractivity contribution in [1.29, 1.82) is 0 Å². The fraction of sp³-hybridized carbons (Fsp3) is 0.455. The lowest BCUT2D eigenvalue weighted by molar-refractivity contribution is 0.553. The van der Waals surface area contributed by atoms with Crippen LogP contribution in [0.1, 0.15) is 20.3 Å². The molecule has 1 unspecified atom stereocenters. The van der Waals surface area contributed by atoms with Gasteiger partial charge in [-0.15, -0.1) is 0 Å². The zero-order valence-corrected chi connectivity index (χ0v) is 11.9. The summed E-state index contributed by atoms with van der Waals surface area (Å²) in [5.74, 6) is -0.581. The number of sulfonamides is 1. The summed E-state index contributed by atoms with van der Waals surface area (Å²) in [7, 11) is -3.62. The van der Waals surface area contributed by atoms with Gasteiger partial charge < -0.3 is 0 Å². The van der Waals surface area contributed by atoms with Crippen LogP contribution in [0.2, 0.25) is 0 Å². The van der Waals surface area contributed by atoms with Gasteiger partial charge in [-0.1, -0.05) is 13.8 Å². The van der Waals surface area contributed by atoms with E-state index in [0.29, 0.717) is 0 Å². The highest BCUT2D eigenvalue weighted by atomic mass is 79.9. The molecule has 1 aromatic rings. The lowest BCUT2D eigenvalue weighted by Crippen LogP contribution is -2.28. The average molecular weight is 322 g/mol. The second-order valence-electron chi connectivity index (χ2n) is 4.94. The molecule has 0 aromatic heterocycles. The number of rotatable bonds is 3. The summed E-state index contributed by atoms with van der Waals surface area (Å²) < 4.78 is 40.0. The maximum absolute atomic E-state index is 13.3. The fourth-order valence-electron chi connectivity index (χ4n) is 1.57. The van der Waals surface area contributed by atoms with Crippen molar-refractivity contribution in [1.82, 2.24) is 4.72 Å². The van der Waals surface area contributed by atoms with E-state index in [1.807, 2.05) is 13.8 Å². The van der Waals surface area contributed by atoms with Crippen molar-refractivity contribution in [3.63, 3.8) is 0 Å². The topological polar surface area (TPSA) is 46.2 Å². The van der Waals surface area contributed by atoms with E-state index in [9.17, 15) is 12.8 Å². The Morgan fingerprint density at radius 1 is 1.47 bits per heavy atom. The van der Waals surface area contributed by atoms with E-state index in [4.69, 9.17) is 0 Å². The Morgan fingerprint density at radius 3 is 2.53 bits per heavy atom. The molecule has 0 amide bonds. The Balaban J connectivity index is 2.23. The SMILES string of the molecule is CC1(C)CC1NS(=O)(=O)c1ccc(Br)c(F)c1. The van der Waals surface area contributed by atoms with Crippen LogP contribution in [0.5, 0.6) is 0 Å². The van der Waals surface area contributed by atoms with Crippen molar-refractivity contribution in [2.24, 2.45) is 5.41 Å². The monoisotopic (exact) mass is 321 g/mol. The zero-order chi connectivity index (χ0) is 12.8. The molecule has 1 saturated carbocycles. The van der Waals surface area contributed by atoms with Crippen molar-refractivity contribution in [2.75, 3.05) is 0 Å². The van der Waals surface area contributed by atoms with E-state index < -0.39 is 15.8 Å². The lowest BCUT2D eigenvalue weighted by Gasteiger charge is -2.08. The van der Waals surface area contributed by atoms with Gasteiger partial charge in [0.2, 0.25) is 10.0 Å². The molecule has 1 aliphatic carbocycles. The maximum atomic E-state index is 13.3. The summed E-state index contributed by atoms with van der Waals surface area (Å²) in [6.07, 6.45) is 0.811. The van der Waals surface area contributed by atoms with Crippen LogP contribution in [0, 0.1) is 11.2 Å². The van der Waals surface area contributed by atoms with Gasteiger partial charge in [0.05, 0.1) is 9.37 Å². The van der Waals surface area contributed by atoms with Crippen LogP contribution < -0.4 is 4.72 Å². The molecular weight excluding hydrogens is 309 g/mol. The molecule has 17 heavy (non-hydrogen) atoms. The van der Waals surface area contributed by atoms with Crippen LogP contribution >= 0.6 is 15.9 Å². The number of benzene rings is 1. The second kappa shape index (κ2) is 4.03. The molecule has 3 nitrogen and oxygen atoms in total. The third-order valence-corrected chi connectivity index (χ3v) is 5.12. The zero-order valence-electron chi connectivity index (χ0n) is 9.50. The fourth-order valence-corrected chi connectivity index (χ4v) is 3.23. The maximum Gasteiger partial charge on any atom is 0.240 e. The van der Waals surface area contributed by atoms with Crippen molar-refractivity contribution in [3.05, 3.63) is 28.5 Å². The lowest BCUT2D eigenvalue weighted by atomic mass is 10.2. The predicted octanol–water partition coefficient (Wildman–Crippen LogP) is 2.67. The Bertz CT molecular complexity index is 557. The summed E-state index contributed by atoms with van der Waals surface area (Å²) >= 11 is 2.99. The van der Waals surface area contributed by atoms with E-state index in [1.54, 1.807) is 0 Å². The van der Waals surface area contributed by atoms with Crippen molar-refractivity contribution < 1.29 is 12.8 Å². The third kappa shape index (κ3) is 2.69. The minimum absolute atomic E-state index is 0.000971. The molecule has 0 spiro atoms. The van der Waals surface area contributed by atoms with Crippen LogP contribution in [-0.4, -0.2) is 14.5 Å². The van der Waals surface area contributed by atoms with Gasteiger partial charge in [0, 0.05) is 6.04 Å². The summed E-state index contributed by atoms with van der Waals surface area (Å²) in [5.41, 5.74) is 0.000971. The first-order chi connectivity index (χ1) is 7.72. The van der Waals surface area contributed by atoms with Crippen molar-refractivity contribution in [2.45, 2.75) is 31.2 Å². The molecule has 94 valence electrons. The average Bonchev–Trinajstić information content (AvgIpc) is 2.77. The van der Waals surface area contributed by atoms with E-state index in [1.165, 1.54) is 12.1 Å². The summed E-state index contributed by atoms with van der Waals surface area (Å²) in [6.45, 7) is 3.98. The van der Waals surface area contributed by atoms with Crippen LogP contribution in [0.25, 0.3) is 0 Å². The smallest absolute Gasteiger partial charge is 0.208 e. The van der Waals surface area contributed by atoms with Gasteiger partial charge in [0.25, 0.3) is 0 Å². The predicted molar refractivity (Wildman–Crippen MR) is 66.6 cm³/mol. The first kappa shape index (κ1) is 13.0. The Labute approximate surface area is 109 Å². The molecule has 0 aliphatic heterocycles. The van der Waals surface area contributed by atoms with E-state index in [2.05, 4.69) is 20.7 Å². The minimum Gasteiger partial charge on any atom is -0.208 e. The first-order valence-electron chi connectivity index (χ1n) is 5.20. The van der Waals surface area contributed by atoms with Crippen LogP contribution in [0.4, 0.5) is 4.39 Å². The van der Waals surface area contributed by atoms with Crippen LogP contribution in [0.3, 0.4) is 0 Å². The van der Waals surface area contributed by atoms with Gasteiger partial charge in [-0.2, -0.15) is 0 Å². The molecule has 1 N–H and O–H groups in total. The number of halogens is 2. The molecule has 0 radical (unpaired) electrons. The molecule has 1 aromatic carbocycles. The van der Waals surface area contributed by atoms with E-state index >= 15 is 0 Å². The molecule has 1 aliphatic rings. The highest BCUT2D eigenvalue weighted by Crippen LogP contribution is 2.45. The van der Waals surface area contributed by atoms with Gasteiger partial charge in [0.1, 0.15) is 5.82 Å². The van der Waals surface area contributed by atoms with Gasteiger partial charge >= 0.3 is 0 Å². The second-order valence-corrected chi connectivity index (χ2v) is 7.51. The Morgan fingerprint density at radius 2 is 2.06 bits per heavy atom. The number of hydrogen-bond acceptors (Lipinski definition) is 2. The van der Waals surface area contributed by atoms with Crippen LogP contribution in [0.15, 0.2) is 27.6 Å². The van der Waals surface area contributed by atoms with Gasteiger partial charge in [-0.25, -0.2) is 17.5 Å². The number of nitrogens with one attached hydrogen (secondary N) is 1. The van der Waals surface area contributed by atoms with E-state index in [-0.39, 0.29) is 20.8 Å². The largest absolute Gasteiger partial charge is 0.240 e. The molecule has 1 atom stereocenters. The quantitative estimate of drug-likeness (QED) is 0.930. The molecule has 0 heterocycles. The number of hydrogen-bond donors (Lipinski definition) is 1. The van der Waals surface area contributed by atoms with Crippen LogP contribution in [-0.2, 0) is 10.0 Å². The summed E-state index contributed by atoms with van der Waals surface area (Å²) in [5, 5.41) is 0. The third-order valence-electron chi connectivity index (χ3n) is 3.01. The molecule has 6 heteroatoms. The van der Waals surface area contributed by atoms with Gasteiger partial charge in [-0.3, -0.25) is 0 Å². The molecule has 0 bridgehead atoms. The van der Waals surface area contributed by atoms with Crippen molar-refractivity contribution >= 4 is 26.0 Å². The standard InChI is InChI=1S/C11H13BrFNO2S/c1-11(2)6-10(11)14-17(15,16)7-3-4-8(12)9(13)5-7/h3-5,10,14H,6H2,1-2H3. The minimum atomic E-state index is -3.62.